The highest BCUT2D eigenvalue weighted by atomic mass is 127. The maximum atomic E-state index is 13.4. The molecule has 204 valence electrons. The highest BCUT2D eigenvalue weighted by molar-refractivity contribution is 14.1. The molecular formula is C30H30ClIN2O5. The van der Waals surface area contributed by atoms with Gasteiger partial charge in [0, 0.05) is 58.6 Å². The van der Waals surface area contributed by atoms with E-state index in [1.165, 1.54) is 0 Å². The third-order valence-electron chi connectivity index (χ3n) is 7.46. The molecule has 9 heteroatoms. The van der Waals surface area contributed by atoms with Crippen molar-refractivity contribution in [2.45, 2.75) is 51.4 Å². The number of ether oxygens (including phenoxy) is 2. The normalized spacial score (nSPS) is 17.7. The van der Waals surface area contributed by atoms with Gasteiger partial charge in [-0.15, -0.1) is 0 Å². The Labute approximate surface area is 246 Å². The summed E-state index contributed by atoms with van der Waals surface area (Å²) in [5, 5.41) is 3.37. The second-order valence-corrected chi connectivity index (χ2v) is 11.4. The number of carbonyl (C=O) groups is 3. The standard InChI is InChI=1S/C30H30ClIN2O5/c1-3-34-21-6-4-8-23(35)28(21)27(29-22(34)7-5-9-24(29)36)17-14-20(32)30(25(15-17)38-2)39-16-26(37)33-19-12-10-18(31)11-13-19/h10-15,27H,3-9,16H2,1-2H3,(H,33,37). The lowest BCUT2D eigenvalue weighted by molar-refractivity contribution is -0.118. The zero-order chi connectivity index (χ0) is 27.7. The second-order valence-electron chi connectivity index (χ2n) is 9.83. The minimum absolute atomic E-state index is 0.109. The molecule has 0 aromatic heterocycles. The fourth-order valence-electron chi connectivity index (χ4n) is 5.85. The van der Waals surface area contributed by atoms with E-state index in [2.05, 4.69) is 39.7 Å². The van der Waals surface area contributed by atoms with Crippen molar-refractivity contribution >= 4 is 57.4 Å². The average Bonchev–Trinajstić information content (AvgIpc) is 2.92. The van der Waals surface area contributed by atoms with Crippen LogP contribution in [0.15, 0.2) is 58.9 Å². The number of benzene rings is 2. The van der Waals surface area contributed by atoms with Crippen LogP contribution in [0.2, 0.25) is 5.02 Å². The molecule has 0 bridgehead atoms. The highest BCUT2D eigenvalue weighted by Crippen LogP contribution is 2.50. The molecule has 7 nitrogen and oxygen atoms in total. The van der Waals surface area contributed by atoms with Crippen molar-refractivity contribution in [3.8, 4) is 11.5 Å². The number of rotatable bonds is 7. The van der Waals surface area contributed by atoms with Crippen LogP contribution in [0.25, 0.3) is 0 Å². The number of nitrogens with one attached hydrogen (secondary N) is 1. The Hall–Kier alpha value is -2.85. The number of anilines is 1. The topological polar surface area (TPSA) is 84.9 Å². The van der Waals surface area contributed by atoms with E-state index in [1.54, 1.807) is 31.4 Å². The SMILES string of the molecule is CCN1C2=C(C(=O)CCC2)C(c2cc(I)c(OCC(=O)Nc3ccc(Cl)cc3)c(OC)c2)C2=C1CCCC2=O. The van der Waals surface area contributed by atoms with Crippen molar-refractivity contribution in [2.24, 2.45) is 0 Å². The molecule has 0 spiro atoms. The molecular weight excluding hydrogens is 631 g/mol. The molecule has 1 N–H and O–H groups in total. The third-order valence-corrected chi connectivity index (χ3v) is 8.52. The third kappa shape index (κ3) is 5.45. The summed E-state index contributed by atoms with van der Waals surface area (Å²) >= 11 is 8.08. The first-order valence-electron chi connectivity index (χ1n) is 13.2. The predicted molar refractivity (Wildman–Crippen MR) is 158 cm³/mol. The summed E-state index contributed by atoms with van der Waals surface area (Å²) in [6, 6.07) is 10.6. The van der Waals surface area contributed by atoms with Crippen molar-refractivity contribution in [2.75, 3.05) is 25.6 Å². The Morgan fingerprint density at radius 3 is 2.21 bits per heavy atom. The van der Waals surface area contributed by atoms with Gasteiger partial charge in [-0.05, 0) is 97.2 Å². The lowest BCUT2D eigenvalue weighted by Gasteiger charge is -2.43. The van der Waals surface area contributed by atoms with Gasteiger partial charge in [0.2, 0.25) is 0 Å². The summed E-state index contributed by atoms with van der Waals surface area (Å²) < 4.78 is 12.3. The van der Waals surface area contributed by atoms with Gasteiger partial charge in [0.1, 0.15) is 0 Å². The van der Waals surface area contributed by atoms with Gasteiger partial charge in [-0.25, -0.2) is 0 Å². The van der Waals surface area contributed by atoms with Crippen molar-refractivity contribution in [1.82, 2.24) is 4.90 Å². The van der Waals surface area contributed by atoms with Gasteiger partial charge in [-0.3, -0.25) is 14.4 Å². The van der Waals surface area contributed by atoms with Crippen LogP contribution >= 0.6 is 34.2 Å². The number of Topliss-reactive ketones (excluding diaryl/α,β-unsaturated/α-hetero) is 2. The Kier molecular flexibility index (Phi) is 8.32. The van der Waals surface area contributed by atoms with Crippen LogP contribution < -0.4 is 14.8 Å². The summed E-state index contributed by atoms with van der Waals surface area (Å²) in [5.41, 5.74) is 5.04. The number of ketones is 2. The molecule has 0 unspecified atom stereocenters. The van der Waals surface area contributed by atoms with Crippen LogP contribution in [0.5, 0.6) is 11.5 Å². The summed E-state index contributed by atoms with van der Waals surface area (Å²) in [4.78, 5) is 41.5. The molecule has 0 saturated carbocycles. The number of amides is 1. The lowest BCUT2D eigenvalue weighted by Crippen LogP contribution is -2.39. The molecule has 2 aliphatic carbocycles. The van der Waals surface area contributed by atoms with Crippen LogP contribution in [-0.2, 0) is 14.4 Å². The number of hydrogen-bond donors (Lipinski definition) is 1. The molecule has 1 aliphatic heterocycles. The molecule has 2 aromatic carbocycles. The van der Waals surface area contributed by atoms with E-state index in [0.717, 1.165) is 63.9 Å². The van der Waals surface area contributed by atoms with Gasteiger partial charge in [-0.1, -0.05) is 11.6 Å². The van der Waals surface area contributed by atoms with Crippen molar-refractivity contribution in [1.29, 1.82) is 0 Å². The maximum absolute atomic E-state index is 13.4. The molecule has 1 amide bonds. The number of methoxy groups -OCH3 is 1. The quantitative estimate of drug-likeness (QED) is 0.346. The lowest BCUT2D eigenvalue weighted by atomic mass is 9.71. The zero-order valence-corrected chi connectivity index (χ0v) is 24.9. The molecule has 1 heterocycles. The Morgan fingerprint density at radius 1 is 1.03 bits per heavy atom. The minimum atomic E-state index is -0.428. The van der Waals surface area contributed by atoms with E-state index in [9.17, 15) is 14.4 Å². The van der Waals surface area contributed by atoms with Crippen molar-refractivity contribution < 1.29 is 23.9 Å². The second kappa shape index (κ2) is 11.7. The molecule has 3 aliphatic rings. The number of allylic oxidation sites excluding steroid dienone is 4. The van der Waals surface area contributed by atoms with Crippen LogP contribution in [0.3, 0.4) is 0 Å². The Balaban J connectivity index is 1.48. The smallest absolute Gasteiger partial charge is 0.262 e. The average molecular weight is 661 g/mol. The largest absolute Gasteiger partial charge is 0.493 e. The zero-order valence-electron chi connectivity index (χ0n) is 21.9. The molecule has 5 rings (SSSR count). The summed E-state index contributed by atoms with van der Waals surface area (Å²) in [7, 11) is 1.54. The van der Waals surface area contributed by atoms with Gasteiger partial charge in [0.05, 0.1) is 10.7 Å². The molecule has 0 saturated heterocycles. The van der Waals surface area contributed by atoms with Gasteiger partial charge >= 0.3 is 0 Å². The van der Waals surface area contributed by atoms with E-state index in [1.807, 2.05) is 12.1 Å². The molecule has 39 heavy (non-hydrogen) atoms. The minimum Gasteiger partial charge on any atom is -0.493 e. The van der Waals surface area contributed by atoms with E-state index in [4.69, 9.17) is 21.1 Å². The first-order chi connectivity index (χ1) is 18.8. The fraction of sp³-hybridized carbons (Fsp3) is 0.367. The highest BCUT2D eigenvalue weighted by Gasteiger charge is 2.43. The van der Waals surface area contributed by atoms with Crippen LogP contribution in [0, 0.1) is 3.57 Å². The van der Waals surface area contributed by atoms with Gasteiger partial charge in [0.25, 0.3) is 5.91 Å². The molecule has 0 radical (unpaired) electrons. The van der Waals surface area contributed by atoms with Gasteiger partial charge in [-0.2, -0.15) is 0 Å². The van der Waals surface area contributed by atoms with Crippen LogP contribution in [0.4, 0.5) is 5.69 Å². The Morgan fingerprint density at radius 2 is 1.64 bits per heavy atom. The van der Waals surface area contributed by atoms with E-state index in [-0.39, 0.29) is 24.1 Å². The van der Waals surface area contributed by atoms with Crippen LogP contribution in [0.1, 0.15) is 56.9 Å². The van der Waals surface area contributed by atoms with Crippen molar-refractivity contribution in [3.63, 3.8) is 0 Å². The first-order valence-corrected chi connectivity index (χ1v) is 14.6. The monoisotopic (exact) mass is 660 g/mol. The number of carbonyl (C=O) groups excluding carboxylic acids is 3. The number of halogens is 2. The van der Waals surface area contributed by atoms with E-state index < -0.39 is 5.92 Å². The predicted octanol–water partition coefficient (Wildman–Crippen LogP) is 6.40. The van der Waals surface area contributed by atoms with E-state index >= 15 is 0 Å². The van der Waals surface area contributed by atoms with Gasteiger partial charge in [0.15, 0.2) is 29.7 Å². The number of nitrogens with zero attached hydrogens (tertiary/aromatic N) is 1. The first kappa shape index (κ1) is 27.7. The molecule has 0 atom stereocenters. The maximum Gasteiger partial charge on any atom is 0.262 e. The molecule has 2 aromatic rings. The summed E-state index contributed by atoms with van der Waals surface area (Å²) in [5.74, 6) is 0.354. The van der Waals surface area contributed by atoms with Crippen LogP contribution in [-0.4, -0.2) is 42.6 Å². The summed E-state index contributed by atoms with van der Waals surface area (Å²) in [6.45, 7) is 2.59. The summed E-state index contributed by atoms with van der Waals surface area (Å²) in [6.07, 6.45) is 4.28. The number of hydrogen-bond acceptors (Lipinski definition) is 6. The van der Waals surface area contributed by atoms with Crippen molar-refractivity contribution in [3.05, 3.63) is 73.1 Å². The van der Waals surface area contributed by atoms with Gasteiger partial charge < -0.3 is 19.7 Å². The fourth-order valence-corrected chi connectivity index (χ4v) is 6.75. The molecule has 0 fully saturated rings. The van der Waals surface area contributed by atoms with E-state index in [0.29, 0.717) is 35.1 Å². The Bertz CT molecular complexity index is 1350.